The number of aromatic nitrogens is 3. The van der Waals surface area contributed by atoms with Crippen LogP contribution >= 0.6 is 0 Å². The van der Waals surface area contributed by atoms with Gasteiger partial charge >= 0.3 is 5.65 Å². The molecular weight excluding hydrogens is 186 g/mol. The van der Waals surface area contributed by atoms with Gasteiger partial charge in [0.1, 0.15) is 11.9 Å². The molecule has 3 heteroatoms. The second-order valence-corrected chi connectivity index (χ2v) is 3.35. The van der Waals surface area contributed by atoms with Gasteiger partial charge in [-0.15, -0.1) is 4.98 Å². The minimum absolute atomic E-state index is 0.948. The summed E-state index contributed by atoms with van der Waals surface area (Å²) in [6, 6.07) is 14.1. The van der Waals surface area contributed by atoms with Crippen molar-refractivity contribution in [3.63, 3.8) is 0 Å². The number of nitrogens with one attached hydrogen (secondary N) is 1. The number of nitrogens with zero attached hydrogens (tertiary/aromatic N) is 2. The zero-order chi connectivity index (χ0) is 10.1. The highest BCUT2D eigenvalue weighted by Crippen LogP contribution is 2.06. The summed E-state index contributed by atoms with van der Waals surface area (Å²) < 4.78 is 2.04. The molecule has 0 amide bonds. The molecule has 0 spiro atoms. The molecule has 0 unspecified atom stereocenters. The highest BCUT2D eigenvalue weighted by atomic mass is 15.1. The average Bonchev–Trinajstić information content (AvgIpc) is 2.74. The first-order chi connectivity index (χ1) is 7.45. The van der Waals surface area contributed by atoms with Gasteiger partial charge in [0.05, 0.1) is 0 Å². The van der Waals surface area contributed by atoms with Crippen molar-refractivity contribution in [2.45, 2.75) is 0 Å². The molecule has 1 N–H and O–H groups in total. The number of rotatable bonds is 1. The van der Waals surface area contributed by atoms with Crippen LogP contribution in [-0.4, -0.2) is 9.97 Å². The van der Waals surface area contributed by atoms with Crippen molar-refractivity contribution in [2.24, 2.45) is 0 Å². The lowest BCUT2D eigenvalue weighted by Gasteiger charge is -1.94. The molecule has 3 aromatic rings. The van der Waals surface area contributed by atoms with Gasteiger partial charge in [0, 0.05) is 0 Å². The number of para-hydroxylation sites is 1. The lowest BCUT2D eigenvalue weighted by atomic mass is 10.3. The smallest absolute Gasteiger partial charge is 0.274 e. The molecule has 1 aromatic carbocycles. The lowest BCUT2D eigenvalue weighted by molar-refractivity contribution is -0.569. The van der Waals surface area contributed by atoms with Gasteiger partial charge in [-0.25, -0.2) is 0 Å². The predicted octanol–water partition coefficient (Wildman–Crippen LogP) is 1.84. The average molecular weight is 196 g/mol. The van der Waals surface area contributed by atoms with Crippen LogP contribution in [0.2, 0.25) is 0 Å². The molecule has 2 aromatic heterocycles. The van der Waals surface area contributed by atoms with Crippen LogP contribution in [0, 0.1) is 0 Å². The van der Waals surface area contributed by atoms with Crippen LogP contribution in [0.1, 0.15) is 0 Å². The Morgan fingerprint density at radius 2 is 1.87 bits per heavy atom. The summed E-state index contributed by atoms with van der Waals surface area (Å²) in [4.78, 5) is 7.54. The third kappa shape index (κ3) is 1.29. The van der Waals surface area contributed by atoms with E-state index in [1.807, 2.05) is 41.2 Å². The van der Waals surface area contributed by atoms with Crippen molar-refractivity contribution in [1.82, 2.24) is 9.97 Å². The molecule has 15 heavy (non-hydrogen) atoms. The second-order valence-electron chi connectivity index (χ2n) is 3.35. The molecule has 0 radical (unpaired) electrons. The Hall–Kier alpha value is -2.16. The van der Waals surface area contributed by atoms with Crippen molar-refractivity contribution in [3.8, 4) is 5.69 Å². The number of fused-ring (bicyclic) bond motifs is 1. The first kappa shape index (κ1) is 8.17. The molecule has 3 rings (SSSR count). The van der Waals surface area contributed by atoms with E-state index in [1.54, 1.807) is 6.20 Å². The number of H-pyrrole nitrogens is 1. The molecule has 2 heterocycles. The van der Waals surface area contributed by atoms with Gasteiger partial charge in [0.2, 0.25) is 0 Å². The normalized spacial score (nSPS) is 10.7. The molecule has 0 fully saturated rings. The van der Waals surface area contributed by atoms with Gasteiger partial charge < -0.3 is 0 Å². The van der Waals surface area contributed by atoms with Gasteiger partial charge in [0.25, 0.3) is 0 Å². The quantitative estimate of drug-likeness (QED) is 0.592. The summed E-state index contributed by atoms with van der Waals surface area (Å²) in [6.07, 6.45) is 3.72. The first-order valence-corrected chi connectivity index (χ1v) is 4.84. The number of hydrogen-bond acceptors (Lipinski definition) is 1. The summed E-state index contributed by atoms with van der Waals surface area (Å²) in [7, 11) is 0. The second kappa shape index (κ2) is 3.20. The monoisotopic (exact) mass is 196 g/mol. The zero-order valence-electron chi connectivity index (χ0n) is 8.09. The Balaban J connectivity index is 2.28. The van der Waals surface area contributed by atoms with Crippen molar-refractivity contribution in [3.05, 3.63) is 55.0 Å². The first-order valence-electron chi connectivity index (χ1n) is 4.84. The van der Waals surface area contributed by atoms with Gasteiger partial charge in [-0.2, -0.15) is 4.57 Å². The summed E-state index contributed by atoms with van der Waals surface area (Å²) in [6.45, 7) is 0. The number of benzene rings is 1. The molecule has 3 nitrogen and oxygen atoms in total. The Morgan fingerprint density at radius 3 is 2.73 bits per heavy atom. The molecule has 72 valence electrons. The maximum Gasteiger partial charge on any atom is 0.306 e. The summed E-state index contributed by atoms with van der Waals surface area (Å²) in [5, 5.41) is 0. The fourth-order valence-electron chi connectivity index (χ4n) is 1.68. The third-order valence-electron chi connectivity index (χ3n) is 2.40. The van der Waals surface area contributed by atoms with Crippen molar-refractivity contribution in [2.75, 3.05) is 0 Å². The summed E-state index contributed by atoms with van der Waals surface area (Å²) >= 11 is 0. The fourth-order valence-corrected chi connectivity index (χ4v) is 1.68. The number of aromatic amines is 1. The Morgan fingerprint density at radius 1 is 1.00 bits per heavy atom. The van der Waals surface area contributed by atoms with Crippen LogP contribution < -0.4 is 4.57 Å². The van der Waals surface area contributed by atoms with Crippen LogP contribution in [0.15, 0.2) is 55.0 Å². The SMILES string of the molecule is c1ccc(-[n+]2c[nH]c3cccnc32)cc1. The van der Waals surface area contributed by atoms with Crippen molar-refractivity contribution in [1.29, 1.82) is 0 Å². The number of pyridine rings is 1. The molecule has 0 saturated heterocycles. The van der Waals surface area contributed by atoms with Crippen LogP contribution in [0.4, 0.5) is 0 Å². The molecule has 0 aliphatic carbocycles. The van der Waals surface area contributed by atoms with E-state index in [1.165, 1.54) is 0 Å². The van der Waals surface area contributed by atoms with Crippen LogP contribution in [0.3, 0.4) is 0 Å². The van der Waals surface area contributed by atoms with Crippen LogP contribution in [0.5, 0.6) is 0 Å². The molecule has 0 aliphatic heterocycles. The van der Waals surface area contributed by atoms with Crippen molar-refractivity contribution < 1.29 is 4.57 Å². The standard InChI is InChI=1S/C12H9N3/c1-2-5-10(6-3-1)15-9-14-11-7-4-8-13-12(11)15/h1-9H/p+1. The number of hydrogen-bond donors (Lipinski definition) is 1. The molecular formula is C12H10N3+. The van der Waals surface area contributed by atoms with E-state index in [0.717, 1.165) is 16.9 Å². The minimum Gasteiger partial charge on any atom is -0.274 e. The van der Waals surface area contributed by atoms with Crippen LogP contribution in [0.25, 0.3) is 16.9 Å². The zero-order valence-corrected chi connectivity index (χ0v) is 8.09. The van der Waals surface area contributed by atoms with E-state index in [0.29, 0.717) is 0 Å². The summed E-state index contributed by atoms with van der Waals surface area (Å²) in [5.74, 6) is 0. The Labute approximate surface area is 87.0 Å². The fraction of sp³-hybridized carbons (Fsp3) is 0. The van der Waals surface area contributed by atoms with Gasteiger partial charge in [-0.3, -0.25) is 4.98 Å². The molecule has 0 atom stereocenters. The van der Waals surface area contributed by atoms with E-state index in [9.17, 15) is 0 Å². The summed E-state index contributed by atoms with van der Waals surface area (Å²) in [5.41, 5.74) is 3.10. The third-order valence-corrected chi connectivity index (χ3v) is 2.40. The van der Waals surface area contributed by atoms with E-state index in [-0.39, 0.29) is 0 Å². The van der Waals surface area contributed by atoms with Gasteiger partial charge in [-0.1, -0.05) is 18.2 Å². The van der Waals surface area contributed by atoms with Crippen LogP contribution in [-0.2, 0) is 0 Å². The topological polar surface area (TPSA) is 32.6 Å². The predicted molar refractivity (Wildman–Crippen MR) is 57.6 cm³/mol. The maximum absolute atomic E-state index is 4.35. The molecule has 0 saturated carbocycles. The molecule has 0 aliphatic rings. The van der Waals surface area contributed by atoms with E-state index < -0.39 is 0 Å². The van der Waals surface area contributed by atoms with Gasteiger partial charge in [-0.05, 0) is 24.3 Å². The van der Waals surface area contributed by atoms with E-state index >= 15 is 0 Å². The lowest BCUT2D eigenvalue weighted by Crippen LogP contribution is -2.28. The van der Waals surface area contributed by atoms with E-state index in [2.05, 4.69) is 22.1 Å². The van der Waals surface area contributed by atoms with Crippen molar-refractivity contribution >= 4 is 11.2 Å². The Bertz CT molecular complexity index is 584. The van der Waals surface area contributed by atoms with E-state index in [4.69, 9.17) is 0 Å². The largest absolute Gasteiger partial charge is 0.306 e. The number of imidazole rings is 1. The maximum atomic E-state index is 4.35. The Kier molecular flexibility index (Phi) is 1.75. The highest BCUT2D eigenvalue weighted by Gasteiger charge is 2.10. The highest BCUT2D eigenvalue weighted by molar-refractivity contribution is 5.66. The molecule has 0 bridgehead atoms. The van der Waals surface area contributed by atoms with Gasteiger partial charge in [0.15, 0.2) is 11.8 Å². The minimum atomic E-state index is 0.948.